The molecule has 178 valence electrons. The molecule has 2 fully saturated rings. The Labute approximate surface area is 213 Å². The molecule has 3 aromatic rings. The summed E-state index contributed by atoms with van der Waals surface area (Å²) < 4.78 is 0.180. The molecule has 5 rings (SSSR count). The summed E-state index contributed by atoms with van der Waals surface area (Å²) in [6.45, 7) is 5.78. The third-order valence-corrected chi connectivity index (χ3v) is 10.5. The van der Waals surface area contributed by atoms with Crippen LogP contribution in [0.2, 0.25) is 0 Å². The molecular formula is C29H35N3S2. The van der Waals surface area contributed by atoms with E-state index in [2.05, 4.69) is 115 Å². The Balaban J connectivity index is 1.35. The molecule has 2 aliphatic heterocycles. The van der Waals surface area contributed by atoms with Gasteiger partial charge in [0.1, 0.15) is 0 Å². The van der Waals surface area contributed by atoms with E-state index in [0.29, 0.717) is 6.04 Å². The molecule has 2 aliphatic rings. The summed E-state index contributed by atoms with van der Waals surface area (Å²) in [7, 11) is 0. The lowest BCUT2D eigenvalue weighted by Gasteiger charge is -2.37. The quantitative estimate of drug-likeness (QED) is 0.292. The fourth-order valence-electron chi connectivity index (χ4n) is 5.09. The highest BCUT2D eigenvalue weighted by Crippen LogP contribution is 2.50. The molecule has 0 radical (unpaired) electrons. The minimum Gasteiger partial charge on any atom is -0.367 e. The second-order valence-corrected chi connectivity index (χ2v) is 12.8. The Bertz CT molecular complexity index is 1090. The first-order chi connectivity index (χ1) is 16.5. The zero-order chi connectivity index (χ0) is 23.5. The van der Waals surface area contributed by atoms with E-state index in [9.17, 15) is 0 Å². The third kappa shape index (κ3) is 4.84. The first-order valence-corrected chi connectivity index (χ1v) is 14.4. The minimum absolute atomic E-state index is 0.180. The molecule has 0 aromatic heterocycles. The van der Waals surface area contributed by atoms with E-state index < -0.39 is 0 Å². The van der Waals surface area contributed by atoms with Gasteiger partial charge in [0.05, 0.1) is 21.1 Å². The van der Waals surface area contributed by atoms with E-state index in [4.69, 9.17) is 5.84 Å². The van der Waals surface area contributed by atoms with Gasteiger partial charge in [0.15, 0.2) is 0 Å². The number of thioether (sulfide) groups is 2. The monoisotopic (exact) mass is 489 g/mol. The number of hydrogen-bond acceptors (Lipinski definition) is 5. The van der Waals surface area contributed by atoms with Crippen LogP contribution in [0.4, 0.5) is 17.1 Å². The van der Waals surface area contributed by atoms with E-state index in [1.165, 1.54) is 59.6 Å². The summed E-state index contributed by atoms with van der Waals surface area (Å²) in [5, 5.41) is 1.84. The molecule has 0 saturated carbocycles. The first kappa shape index (κ1) is 23.7. The molecule has 1 atom stereocenters. The van der Waals surface area contributed by atoms with Gasteiger partial charge in [-0.1, -0.05) is 48.5 Å². The topological polar surface area (TPSA) is 32.5 Å². The second-order valence-electron chi connectivity index (χ2n) is 9.52. The van der Waals surface area contributed by atoms with Gasteiger partial charge < -0.3 is 4.90 Å². The van der Waals surface area contributed by atoms with Crippen LogP contribution < -0.4 is 15.8 Å². The van der Waals surface area contributed by atoms with Crippen LogP contribution in [-0.4, -0.2) is 24.1 Å². The Morgan fingerprint density at radius 3 is 2.18 bits per heavy atom. The van der Waals surface area contributed by atoms with Crippen LogP contribution in [0.1, 0.15) is 45.1 Å². The fraction of sp³-hybridized carbons (Fsp3) is 0.379. The van der Waals surface area contributed by atoms with Crippen LogP contribution in [0.3, 0.4) is 0 Å². The fourth-order valence-corrected chi connectivity index (χ4v) is 8.06. The highest BCUT2D eigenvalue weighted by Gasteiger charge is 2.30. The number of benzene rings is 3. The molecule has 0 aliphatic carbocycles. The van der Waals surface area contributed by atoms with Gasteiger partial charge in [-0.25, -0.2) is 5.84 Å². The maximum absolute atomic E-state index is 6.68. The van der Waals surface area contributed by atoms with E-state index in [0.717, 1.165) is 17.9 Å². The first-order valence-electron chi connectivity index (χ1n) is 12.4. The van der Waals surface area contributed by atoms with Crippen molar-refractivity contribution in [1.29, 1.82) is 0 Å². The number of hydrogen-bond donors (Lipinski definition) is 1. The summed E-state index contributed by atoms with van der Waals surface area (Å²) in [5.74, 6) is 9.18. The predicted molar refractivity (Wildman–Crippen MR) is 152 cm³/mol. The number of para-hydroxylation sites is 2. The van der Waals surface area contributed by atoms with Crippen LogP contribution in [0.5, 0.6) is 0 Å². The molecule has 3 aromatic carbocycles. The van der Waals surface area contributed by atoms with Gasteiger partial charge in [-0.3, -0.25) is 5.01 Å². The summed E-state index contributed by atoms with van der Waals surface area (Å²) >= 11 is 4.15. The van der Waals surface area contributed by atoms with E-state index >= 15 is 0 Å². The summed E-state index contributed by atoms with van der Waals surface area (Å²) in [6, 6.07) is 26.8. The van der Waals surface area contributed by atoms with E-state index in [1.54, 1.807) is 0 Å². The maximum atomic E-state index is 6.68. The number of rotatable bonds is 5. The van der Waals surface area contributed by atoms with Crippen LogP contribution in [-0.2, 0) is 4.08 Å². The molecular weight excluding hydrogens is 454 g/mol. The molecule has 3 nitrogen and oxygen atoms in total. The lowest BCUT2D eigenvalue weighted by molar-refractivity contribution is 0.485. The van der Waals surface area contributed by atoms with Gasteiger partial charge in [-0.15, -0.1) is 23.5 Å². The largest absolute Gasteiger partial charge is 0.367 e. The highest BCUT2D eigenvalue weighted by atomic mass is 32.2. The van der Waals surface area contributed by atoms with Crippen molar-refractivity contribution >= 4 is 40.6 Å². The Hall–Kier alpha value is -2.08. The number of nitrogens with two attached hydrogens (primary N) is 1. The molecule has 2 saturated heterocycles. The molecule has 34 heavy (non-hydrogen) atoms. The number of nitrogens with zero attached hydrogens (tertiary/aromatic N) is 2. The maximum Gasteiger partial charge on any atom is 0.0832 e. The number of piperidine rings is 1. The molecule has 2 N–H and O–H groups in total. The minimum atomic E-state index is 0.180. The lowest BCUT2D eigenvalue weighted by Crippen LogP contribution is -2.39. The van der Waals surface area contributed by atoms with Crippen LogP contribution >= 0.6 is 23.5 Å². The molecule has 0 spiro atoms. The predicted octanol–water partition coefficient (Wildman–Crippen LogP) is 7.79. The number of anilines is 3. The van der Waals surface area contributed by atoms with Crippen molar-refractivity contribution in [3.63, 3.8) is 0 Å². The average molecular weight is 490 g/mol. The Morgan fingerprint density at radius 2 is 1.50 bits per heavy atom. The average Bonchev–Trinajstić information content (AvgIpc) is 2.89. The van der Waals surface area contributed by atoms with Crippen molar-refractivity contribution < 1.29 is 0 Å². The molecule has 0 amide bonds. The van der Waals surface area contributed by atoms with Crippen molar-refractivity contribution in [3.8, 4) is 11.1 Å². The van der Waals surface area contributed by atoms with Gasteiger partial charge in [0, 0.05) is 12.6 Å². The Morgan fingerprint density at radius 1 is 0.853 bits per heavy atom. The zero-order valence-electron chi connectivity index (χ0n) is 20.2. The van der Waals surface area contributed by atoms with Gasteiger partial charge >= 0.3 is 0 Å². The smallest absolute Gasteiger partial charge is 0.0832 e. The second kappa shape index (κ2) is 10.3. The molecule has 2 heterocycles. The zero-order valence-corrected chi connectivity index (χ0v) is 21.9. The summed E-state index contributed by atoms with van der Waals surface area (Å²) in [4.78, 5) is 2.51. The van der Waals surface area contributed by atoms with Gasteiger partial charge in [-0.2, -0.15) is 0 Å². The SMILES string of the molecule is CC1CCCCN1c1ccccc1N(N)c1ccc(-c2ccc(C3(C)SCCCS3)cc2)cc1. The van der Waals surface area contributed by atoms with Crippen LogP contribution in [0, 0.1) is 0 Å². The number of hydrazine groups is 1. The molecule has 5 heteroatoms. The van der Waals surface area contributed by atoms with Gasteiger partial charge in [0.2, 0.25) is 0 Å². The van der Waals surface area contributed by atoms with Crippen LogP contribution in [0.15, 0.2) is 72.8 Å². The van der Waals surface area contributed by atoms with E-state index in [1.807, 2.05) is 5.01 Å². The van der Waals surface area contributed by atoms with Crippen LogP contribution in [0.25, 0.3) is 11.1 Å². The third-order valence-electron chi connectivity index (χ3n) is 7.19. The normalized spacial score (nSPS) is 20.2. The van der Waals surface area contributed by atoms with Crippen molar-refractivity contribution in [2.75, 3.05) is 28.0 Å². The van der Waals surface area contributed by atoms with Gasteiger partial charge in [-0.05, 0) is 92.0 Å². The van der Waals surface area contributed by atoms with Crippen molar-refractivity contribution in [3.05, 3.63) is 78.4 Å². The summed E-state index contributed by atoms with van der Waals surface area (Å²) in [6.07, 6.45) is 5.11. The lowest BCUT2D eigenvalue weighted by atomic mass is 10.0. The standard InChI is InChI=1S/C29H35N3S2/c1-22-8-5-6-19-31(22)27-9-3-4-10-28(27)32(30)26-17-13-24(14-18-26)23-11-15-25(16-12-23)29(2)33-20-7-21-34-29/h3-4,9-18,22H,5-8,19-21,30H2,1-2H3. The Kier molecular flexibility index (Phi) is 7.14. The van der Waals surface area contributed by atoms with Crippen molar-refractivity contribution in [2.45, 2.75) is 49.7 Å². The van der Waals surface area contributed by atoms with E-state index in [-0.39, 0.29) is 4.08 Å². The molecule has 1 unspecified atom stereocenters. The van der Waals surface area contributed by atoms with Crippen molar-refractivity contribution in [2.24, 2.45) is 5.84 Å². The summed E-state index contributed by atoms with van der Waals surface area (Å²) in [5.41, 5.74) is 7.17. The highest BCUT2D eigenvalue weighted by molar-refractivity contribution is 8.18. The van der Waals surface area contributed by atoms with Crippen molar-refractivity contribution in [1.82, 2.24) is 0 Å². The van der Waals surface area contributed by atoms with Gasteiger partial charge in [0.25, 0.3) is 0 Å². The molecule has 0 bridgehead atoms.